The van der Waals surface area contributed by atoms with Gasteiger partial charge in [0, 0.05) is 13.2 Å². The molecule has 0 spiro atoms. The number of hydrogen-bond acceptors (Lipinski definition) is 4. The number of carbonyl (C=O) groups is 1. The summed E-state index contributed by atoms with van der Waals surface area (Å²) in [5.74, 6) is 0.473. The number of rotatable bonds is 4. The van der Waals surface area contributed by atoms with E-state index < -0.39 is 0 Å². The third kappa shape index (κ3) is 2.74. The molecule has 2 aromatic rings. The number of hydrogen-bond donors (Lipinski definition) is 0. The van der Waals surface area contributed by atoms with Crippen molar-refractivity contribution in [3.8, 4) is 11.4 Å². The highest BCUT2D eigenvalue weighted by atomic mass is 16.7. The highest BCUT2D eigenvalue weighted by Gasteiger charge is 2.14. The second kappa shape index (κ2) is 5.53. The molecule has 6 heteroatoms. The molecule has 19 heavy (non-hydrogen) atoms. The predicted molar refractivity (Wildman–Crippen MR) is 69.2 cm³/mol. The van der Waals surface area contributed by atoms with E-state index in [4.69, 9.17) is 9.57 Å². The van der Waals surface area contributed by atoms with Crippen LogP contribution in [0, 0.1) is 0 Å². The summed E-state index contributed by atoms with van der Waals surface area (Å²) in [5, 5.41) is 5.34. The van der Waals surface area contributed by atoms with Crippen LogP contribution in [0.3, 0.4) is 0 Å². The molecule has 1 amide bonds. The van der Waals surface area contributed by atoms with E-state index in [1.807, 2.05) is 24.3 Å². The van der Waals surface area contributed by atoms with Crippen LogP contribution in [0.1, 0.15) is 10.5 Å². The summed E-state index contributed by atoms with van der Waals surface area (Å²) < 4.78 is 6.71. The van der Waals surface area contributed by atoms with Gasteiger partial charge in [0.05, 0.1) is 19.9 Å². The lowest BCUT2D eigenvalue weighted by Crippen LogP contribution is -2.25. The third-order valence-corrected chi connectivity index (χ3v) is 2.71. The van der Waals surface area contributed by atoms with Crippen LogP contribution < -0.4 is 4.74 Å². The first-order valence-corrected chi connectivity index (χ1v) is 5.68. The number of carbonyl (C=O) groups excluding carboxylic acids is 1. The Kier molecular flexibility index (Phi) is 3.82. The van der Waals surface area contributed by atoms with E-state index in [1.165, 1.54) is 14.2 Å². The molecule has 0 atom stereocenters. The first-order valence-electron chi connectivity index (χ1n) is 5.68. The maximum absolute atomic E-state index is 11.8. The van der Waals surface area contributed by atoms with Gasteiger partial charge in [-0.05, 0) is 30.3 Å². The number of hydroxylamine groups is 2. The van der Waals surface area contributed by atoms with Gasteiger partial charge in [0.2, 0.25) is 0 Å². The molecule has 0 radical (unpaired) electrons. The molecular formula is C13H15N3O3. The molecule has 0 aliphatic carbocycles. The van der Waals surface area contributed by atoms with E-state index in [9.17, 15) is 4.79 Å². The van der Waals surface area contributed by atoms with Gasteiger partial charge in [-0.15, -0.1) is 0 Å². The average Bonchev–Trinajstić information content (AvgIpc) is 2.95. The molecule has 0 aliphatic heterocycles. The van der Waals surface area contributed by atoms with E-state index in [2.05, 4.69) is 5.10 Å². The Hall–Kier alpha value is -2.34. The minimum absolute atomic E-state index is 0.297. The van der Waals surface area contributed by atoms with E-state index in [1.54, 1.807) is 24.1 Å². The molecule has 0 bridgehead atoms. The number of methoxy groups -OCH3 is 1. The molecule has 0 aliphatic rings. The van der Waals surface area contributed by atoms with Gasteiger partial charge in [-0.3, -0.25) is 9.63 Å². The van der Waals surface area contributed by atoms with Gasteiger partial charge in [0.25, 0.3) is 5.91 Å². The van der Waals surface area contributed by atoms with Crippen molar-refractivity contribution in [1.82, 2.24) is 14.8 Å². The van der Waals surface area contributed by atoms with Crippen molar-refractivity contribution in [2.45, 2.75) is 0 Å². The van der Waals surface area contributed by atoms with Crippen LogP contribution in [0.2, 0.25) is 0 Å². The molecule has 100 valence electrons. The number of ether oxygens (including phenoxy) is 1. The highest BCUT2D eigenvalue weighted by Crippen LogP contribution is 2.14. The van der Waals surface area contributed by atoms with Gasteiger partial charge in [-0.25, -0.2) is 9.75 Å². The van der Waals surface area contributed by atoms with Crippen LogP contribution in [0.4, 0.5) is 0 Å². The van der Waals surface area contributed by atoms with Crippen molar-refractivity contribution in [2.75, 3.05) is 21.3 Å². The molecular weight excluding hydrogens is 246 g/mol. The first-order chi connectivity index (χ1) is 9.15. The lowest BCUT2D eigenvalue weighted by atomic mass is 10.3. The minimum Gasteiger partial charge on any atom is -0.497 e. The molecule has 2 rings (SSSR count). The van der Waals surface area contributed by atoms with Crippen molar-refractivity contribution in [3.05, 3.63) is 42.2 Å². The van der Waals surface area contributed by atoms with E-state index in [0.717, 1.165) is 16.5 Å². The van der Waals surface area contributed by atoms with Crippen LogP contribution in [-0.2, 0) is 4.84 Å². The van der Waals surface area contributed by atoms with Crippen LogP contribution in [-0.4, -0.2) is 42.0 Å². The van der Waals surface area contributed by atoms with Crippen molar-refractivity contribution in [2.24, 2.45) is 0 Å². The molecule has 0 N–H and O–H groups in total. The molecule has 0 saturated heterocycles. The molecule has 0 saturated carbocycles. The largest absolute Gasteiger partial charge is 0.497 e. The topological polar surface area (TPSA) is 56.6 Å². The normalized spacial score (nSPS) is 10.3. The molecule has 1 heterocycles. The third-order valence-electron chi connectivity index (χ3n) is 2.71. The fourth-order valence-corrected chi connectivity index (χ4v) is 1.56. The fraction of sp³-hybridized carbons (Fsp3) is 0.231. The first kappa shape index (κ1) is 13.1. The van der Waals surface area contributed by atoms with Crippen LogP contribution >= 0.6 is 0 Å². The zero-order valence-electron chi connectivity index (χ0n) is 11.0. The Morgan fingerprint density at radius 1 is 1.21 bits per heavy atom. The van der Waals surface area contributed by atoms with Gasteiger partial charge in [-0.1, -0.05) is 0 Å². The number of aromatic nitrogens is 2. The number of amides is 1. The Morgan fingerprint density at radius 3 is 2.47 bits per heavy atom. The van der Waals surface area contributed by atoms with E-state index in [0.29, 0.717) is 5.69 Å². The van der Waals surface area contributed by atoms with Gasteiger partial charge in [0.15, 0.2) is 5.69 Å². The van der Waals surface area contributed by atoms with Gasteiger partial charge in [0.1, 0.15) is 5.75 Å². The zero-order chi connectivity index (χ0) is 13.8. The Labute approximate surface area is 111 Å². The van der Waals surface area contributed by atoms with Crippen LogP contribution in [0.25, 0.3) is 5.69 Å². The fourth-order valence-electron chi connectivity index (χ4n) is 1.56. The van der Waals surface area contributed by atoms with Crippen molar-refractivity contribution in [3.63, 3.8) is 0 Å². The van der Waals surface area contributed by atoms with Crippen LogP contribution in [0.5, 0.6) is 5.75 Å². The van der Waals surface area contributed by atoms with Gasteiger partial charge in [-0.2, -0.15) is 5.10 Å². The smallest absolute Gasteiger partial charge is 0.297 e. The van der Waals surface area contributed by atoms with Gasteiger partial charge >= 0.3 is 0 Å². The number of nitrogens with zero attached hydrogens (tertiary/aromatic N) is 3. The average molecular weight is 261 g/mol. The summed E-state index contributed by atoms with van der Waals surface area (Å²) in [4.78, 5) is 16.7. The monoisotopic (exact) mass is 261 g/mol. The summed E-state index contributed by atoms with van der Waals surface area (Å²) >= 11 is 0. The molecule has 1 aromatic carbocycles. The van der Waals surface area contributed by atoms with Crippen molar-refractivity contribution < 1.29 is 14.4 Å². The summed E-state index contributed by atoms with van der Waals surface area (Å²) in [7, 11) is 4.58. The SMILES string of the molecule is COc1ccc(-n2ccc(C(=O)N(C)OC)n2)cc1. The summed E-state index contributed by atoms with van der Waals surface area (Å²) in [6.45, 7) is 0. The Morgan fingerprint density at radius 2 is 1.89 bits per heavy atom. The zero-order valence-corrected chi connectivity index (χ0v) is 11.0. The maximum Gasteiger partial charge on any atom is 0.297 e. The predicted octanol–water partition coefficient (Wildman–Crippen LogP) is 1.51. The van der Waals surface area contributed by atoms with Crippen molar-refractivity contribution >= 4 is 5.91 Å². The van der Waals surface area contributed by atoms with E-state index >= 15 is 0 Å². The second-order valence-electron chi connectivity index (χ2n) is 3.83. The highest BCUT2D eigenvalue weighted by molar-refractivity contribution is 5.91. The lowest BCUT2D eigenvalue weighted by molar-refractivity contribution is -0.0760. The summed E-state index contributed by atoms with van der Waals surface area (Å²) in [6, 6.07) is 9.03. The molecule has 1 aromatic heterocycles. The Balaban J connectivity index is 2.22. The van der Waals surface area contributed by atoms with Crippen LogP contribution in [0.15, 0.2) is 36.5 Å². The lowest BCUT2D eigenvalue weighted by Gasteiger charge is -2.11. The minimum atomic E-state index is -0.297. The maximum atomic E-state index is 11.8. The standard InChI is InChI=1S/C13H15N3O3/c1-15(19-3)13(17)12-8-9-16(14-12)10-4-6-11(18-2)7-5-10/h4-9H,1-3H3. The Bertz CT molecular complexity index is 563. The summed E-state index contributed by atoms with van der Waals surface area (Å²) in [6.07, 6.45) is 1.72. The number of benzene rings is 1. The quantitative estimate of drug-likeness (QED) is 0.783. The van der Waals surface area contributed by atoms with Gasteiger partial charge < -0.3 is 4.74 Å². The van der Waals surface area contributed by atoms with E-state index in [-0.39, 0.29) is 5.91 Å². The molecule has 0 fully saturated rings. The molecule has 0 unspecified atom stereocenters. The summed E-state index contributed by atoms with van der Waals surface area (Å²) in [5.41, 5.74) is 1.17. The van der Waals surface area contributed by atoms with Crippen molar-refractivity contribution in [1.29, 1.82) is 0 Å². The second-order valence-corrected chi connectivity index (χ2v) is 3.83. The molecule has 6 nitrogen and oxygen atoms in total.